The fourth-order valence-electron chi connectivity index (χ4n) is 2.40. The maximum absolute atomic E-state index is 12.4. The highest BCUT2D eigenvalue weighted by Crippen LogP contribution is 2.23. The number of carbonyl (C=O) groups excluding carboxylic acids is 1. The van der Waals surface area contributed by atoms with Gasteiger partial charge >= 0.3 is 0 Å². The van der Waals surface area contributed by atoms with Crippen molar-refractivity contribution < 1.29 is 14.3 Å². The number of nitrogens with one attached hydrogen (secondary N) is 2. The van der Waals surface area contributed by atoms with E-state index in [1.54, 1.807) is 31.4 Å². The second kappa shape index (κ2) is 8.40. The lowest BCUT2D eigenvalue weighted by molar-refractivity contribution is 0.0947. The molecule has 6 nitrogen and oxygen atoms in total. The predicted molar refractivity (Wildman–Crippen MR) is 99.9 cm³/mol. The van der Waals surface area contributed by atoms with E-state index in [0.29, 0.717) is 35.2 Å². The van der Waals surface area contributed by atoms with E-state index in [1.807, 2.05) is 24.3 Å². The molecule has 3 rings (SSSR count). The number of aromatic amines is 1. The van der Waals surface area contributed by atoms with Crippen molar-refractivity contribution in [3.05, 3.63) is 65.3 Å². The topological polar surface area (TPSA) is 76.2 Å². The number of hydrogen-bond donors (Lipinski definition) is 2. The minimum atomic E-state index is -0.218. The van der Waals surface area contributed by atoms with Crippen LogP contribution >= 0.6 is 11.6 Å². The molecule has 0 saturated carbocycles. The zero-order chi connectivity index (χ0) is 18.4. The number of hydrogen-bond acceptors (Lipinski definition) is 4. The van der Waals surface area contributed by atoms with E-state index in [1.165, 1.54) is 6.20 Å². The average molecular weight is 372 g/mol. The number of amides is 1. The van der Waals surface area contributed by atoms with Crippen molar-refractivity contribution in [3.8, 4) is 22.8 Å². The molecule has 0 aliphatic rings. The molecular formula is C19H18ClN3O3. The number of halogens is 1. The highest BCUT2D eigenvalue weighted by molar-refractivity contribution is 6.30. The summed E-state index contributed by atoms with van der Waals surface area (Å²) in [6.45, 7) is 0.720. The van der Waals surface area contributed by atoms with Crippen LogP contribution in [-0.2, 0) is 0 Å². The van der Waals surface area contributed by atoms with Crippen LogP contribution in [0.3, 0.4) is 0 Å². The van der Waals surface area contributed by atoms with Crippen molar-refractivity contribution in [2.45, 2.75) is 0 Å². The van der Waals surface area contributed by atoms with Gasteiger partial charge in [-0.2, -0.15) is 5.10 Å². The Kier molecular flexibility index (Phi) is 5.76. The van der Waals surface area contributed by atoms with Gasteiger partial charge in [0, 0.05) is 10.6 Å². The van der Waals surface area contributed by atoms with Crippen molar-refractivity contribution in [1.82, 2.24) is 15.5 Å². The monoisotopic (exact) mass is 371 g/mol. The Balaban J connectivity index is 1.56. The minimum absolute atomic E-state index is 0.218. The summed E-state index contributed by atoms with van der Waals surface area (Å²) in [7, 11) is 1.61. The van der Waals surface area contributed by atoms with Gasteiger partial charge in [-0.05, 0) is 48.5 Å². The smallest absolute Gasteiger partial charge is 0.255 e. The Morgan fingerprint density at radius 2 is 1.81 bits per heavy atom. The first-order valence-electron chi connectivity index (χ1n) is 8.02. The zero-order valence-corrected chi connectivity index (χ0v) is 14.9. The maximum atomic E-state index is 12.4. The van der Waals surface area contributed by atoms with Crippen molar-refractivity contribution in [2.24, 2.45) is 0 Å². The van der Waals surface area contributed by atoms with E-state index in [0.717, 1.165) is 11.3 Å². The number of benzene rings is 2. The van der Waals surface area contributed by atoms with E-state index in [2.05, 4.69) is 15.5 Å². The molecule has 1 aromatic heterocycles. The Morgan fingerprint density at radius 3 is 2.50 bits per heavy atom. The van der Waals surface area contributed by atoms with Crippen LogP contribution in [0.1, 0.15) is 10.4 Å². The average Bonchev–Trinajstić information content (AvgIpc) is 3.16. The van der Waals surface area contributed by atoms with Crippen LogP contribution in [0.4, 0.5) is 0 Å². The number of methoxy groups -OCH3 is 1. The predicted octanol–water partition coefficient (Wildman–Crippen LogP) is 3.55. The first kappa shape index (κ1) is 17.8. The lowest BCUT2D eigenvalue weighted by Gasteiger charge is -2.08. The number of ether oxygens (including phenoxy) is 2. The number of nitrogens with zero attached hydrogens (tertiary/aromatic N) is 1. The number of aromatic nitrogens is 2. The fraction of sp³-hybridized carbons (Fsp3) is 0.158. The van der Waals surface area contributed by atoms with Gasteiger partial charge in [-0.3, -0.25) is 9.89 Å². The number of rotatable bonds is 7. The van der Waals surface area contributed by atoms with E-state index in [4.69, 9.17) is 21.1 Å². The SMILES string of the molecule is COc1ccc(-c2[nH]ncc2C(=O)NCCOc2ccc(Cl)cc2)cc1. The molecule has 0 unspecified atom stereocenters. The molecule has 134 valence electrons. The van der Waals surface area contributed by atoms with Gasteiger partial charge in [0.25, 0.3) is 5.91 Å². The molecule has 0 saturated heterocycles. The molecule has 0 aliphatic carbocycles. The van der Waals surface area contributed by atoms with Gasteiger partial charge in [0.1, 0.15) is 18.1 Å². The Labute approximate surface area is 156 Å². The van der Waals surface area contributed by atoms with Gasteiger partial charge in [0.05, 0.1) is 31.1 Å². The molecular weight excluding hydrogens is 354 g/mol. The van der Waals surface area contributed by atoms with E-state index in [9.17, 15) is 4.79 Å². The van der Waals surface area contributed by atoms with Crippen LogP contribution < -0.4 is 14.8 Å². The van der Waals surface area contributed by atoms with Crippen LogP contribution in [0.15, 0.2) is 54.7 Å². The summed E-state index contributed by atoms with van der Waals surface area (Å²) < 4.78 is 10.7. The molecule has 0 bridgehead atoms. The minimum Gasteiger partial charge on any atom is -0.497 e. The molecule has 0 radical (unpaired) electrons. The summed E-state index contributed by atoms with van der Waals surface area (Å²) in [5.41, 5.74) is 1.98. The summed E-state index contributed by atoms with van der Waals surface area (Å²) in [6.07, 6.45) is 1.51. The third-order valence-corrected chi connectivity index (χ3v) is 3.98. The standard InChI is InChI=1S/C19H18ClN3O3/c1-25-15-6-2-13(3-7-15)18-17(12-22-23-18)19(24)21-10-11-26-16-8-4-14(20)5-9-16/h2-9,12H,10-11H2,1H3,(H,21,24)(H,22,23). The molecule has 0 fully saturated rings. The zero-order valence-electron chi connectivity index (χ0n) is 14.2. The van der Waals surface area contributed by atoms with Gasteiger partial charge in [0.2, 0.25) is 0 Å². The van der Waals surface area contributed by atoms with Gasteiger partial charge < -0.3 is 14.8 Å². The Bertz CT molecular complexity index is 860. The molecule has 0 aliphatic heterocycles. The lowest BCUT2D eigenvalue weighted by atomic mass is 10.1. The molecule has 0 spiro atoms. The normalized spacial score (nSPS) is 10.4. The highest BCUT2D eigenvalue weighted by Gasteiger charge is 2.15. The van der Waals surface area contributed by atoms with E-state index < -0.39 is 0 Å². The first-order chi connectivity index (χ1) is 12.7. The number of carbonyl (C=O) groups is 1. The Hall–Kier alpha value is -2.99. The molecule has 26 heavy (non-hydrogen) atoms. The highest BCUT2D eigenvalue weighted by atomic mass is 35.5. The van der Waals surface area contributed by atoms with Crippen molar-refractivity contribution in [3.63, 3.8) is 0 Å². The quantitative estimate of drug-likeness (QED) is 0.623. The van der Waals surface area contributed by atoms with Crippen LogP contribution in [0, 0.1) is 0 Å². The van der Waals surface area contributed by atoms with Crippen LogP contribution in [-0.4, -0.2) is 36.4 Å². The molecule has 1 amide bonds. The molecule has 1 heterocycles. The summed E-state index contributed by atoms with van der Waals surface area (Å²) >= 11 is 5.83. The van der Waals surface area contributed by atoms with Crippen molar-refractivity contribution in [2.75, 3.05) is 20.3 Å². The summed E-state index contributed by atoms with van der Waals surface area (Å²) in [4.78, 5) is 12.4. The fourth-order valence-corrected chi connectivity index (χ4v) is 2.52. The maximum Gasteiger partial charge on any atom is 0.255 e. The van der Waals surface area contributed by atoms with Crippen LogP contribution in [0.2, 0.25) is 5.02 Å². The van der Waals surface area contributed by atoms with Crippen LogP contribution in [0.25, 0.3) is 11.3 Å². The van der Waals surface area contributed by atoms with Gasteiger partial charge in [-0.15, -0.1) is 0 Å². The van der Waals surface area contributed by atoms with Crippen molar-refractivity contribution in [1.29, 1.82) is 0 Å². The molecule has 2 aromatic carbocycles. The second-order valence-electron chi connectivity index (χ2n) is 5.45. The second-order valence-corrected chi connectivity index (χ2v) is 5.88. The summed E-state index contributed by atoms with van der Waals surface area (Å²) in [5, 5.41) is 10.3. The van der Waals surface area contributed by atoms with Gasteiger partial charge in [-0.1, -0.05) is 11.6 Å². The molecule has 3 aromatic rings. The lowest BCUT2D eigenvalue weighted by Crippen LogP contribution is -2.28. The first-order valence-corrected chi connectivity index (χ1v) is 8.39. The summed E-state index contributed by atoms with van der Waals surface area (Å²) in [5.74, 6) is 1.23. The Morgan fingerprint density at radius 1 is 1.12 bits per heavy atom. The van der Waals surface area contributed by atoms with Gasteiger partial charge in [0.15, 0.2) is 0 Å². The molecule has 7 heteroatoms. The third kappa shape index (κ3) is 4.34. The van der Waals surface area contributed by atoms with Gasteiger partial charge in [-0.25, -0.2) is 0 Å². The van der Waals surface area contributed by atoms with E-state index in [-0.39, 0.29) is 5.91 Å². The summed E-state index contributed by atoms with van der Waals surface area (Å²) in [6, 6.07) is 14.5. The number of H-pyrrole nitrogens is 1. The molecule has 0 atom stereocenters. The largest absolute Gasteiger partial charge is 0.497 e. The van der Waals surface area contributed by atoms with Crippen LogP contribution in [0.5, 0.6) is 11.5 Å². The molecule has 2 N–H and O–H groups in total. The van der Waals surface area contributed by atoms with Crippen molar-refractivity contribution >= 4 is 17.5 Å². The third-order valence-electron chi connectivity index (χ3n) is 3.73. The van der Waals surface area contributed by atoms with E-state index >= 15 is 0 Å².